The van der Waals surface area contributed by atoms with Crippen LogP contribution in [0.2, 0.25) is 0 Å². The number of aryl methyl sites for hydroxylation is 1. The Balaban J connectivity index is 1.38. The molecule has 0 saturated carbocycles. The summed E-state index contributed by atoms with van der Waals surface area (Å²) >= 11 is 0. The molecule has 2 saturated heterocycles. The highest BCUT2D eigenvalue weighted by molar-refractivity contribution is 5.91. The molecule has 0 aliphatic carbocycles. The van der Waals surface area contributed by atoms with E-state index in [2.05, 4.69) is 42.6 Å². The van der Waals surface area contributed by atoms with Gasteiger partial charge < -0.3 is 15.6 Å². The molecule has 3 N–H and O–H groups in total. The van der Waals surface area contributed by atoms with Crippen molar-refractivity contribution in [1.29, 1.82) is 5.26 Å². The van der Waals surface area contributed by atoms with Gasteiger partial charge in [-0.3, -0.25) is 9.88 Å². The number of H-pyrrole nitrogens is 1. The quantitative estimate of drug-likeness (QED) is 0.577. The molecule has 3 aromatic rings. The van der Waals surface area contributed by atoms with E-state index in [1.54, 1.807) is 6.20 Å². The van der Waals surface area contributed by atoms with Crippen molar-refractivity contribution in [3.63, 3.8) is 0 Å². The van der Waals surface area contributed by atoms with Crippen molar-refractivity contribution in [3.8, 4) is 6.07 Å². The molecule has 0 amide bonds. The van der Waals surface area contributed by atoms with Crippen LogP contribution in [-0.2, 0) is 0 Å². The number of aromatic nitrogens is 4. The van der Waals surface area contributed by atoms with E-state index in [0.717, 1.165) is 53.6 Å². The summed E-state index contributed by atoms with van der Waals surface area (Å²) in [6, 6.07) is 9.78. The SMILES string of the molecule is Cc1ncc(Nc2cc3ncccc3c(NC3CC4CCC(C3)N4CCC#N)n2)[nH]1. The molecule has 0 radical (unpaired) electrons. The smallest absolute Gasteiger partial charge is 0.138 e. The number of hydrogen-bond donors (Lipinski definition) is 3. The molecule has 2 aliphatic heterocycles. The molecule has 2 aliphatic rings. The van der Waals surface area contributed by atoms with E-state index in [1.165, 1.54) is 12.8 Å². The lowest BCUT2D eigenvalue weighted by Gasteiger charge is -2.39. The molecule has 3 aromatic heterocycles. The van der Waals surface area contributed by atoms with E-state index in [-0.39, 0.29) is 0 Å². The molecular weight excluding hydrogens is 376 g/mol. The van der Waals surface area contributed by atoms with Crippen LogP contribution >= 0.6 is 0 Å². The zero-order chi connectivity index (χ0) is 20.5. The van der Waals surface area contributed by atoms with Gasteiger partial charge in [0.05, 0.1) is 17.8 Å². The number of aromatic amines is 1. The van der Waals surface area contributed by atoms with Gasteiger partial charge in [-0.1, -0.05) is 0 Å². The van der Waals surface area contributed by atoms with Gasteiger partial charge in [-0.15, -0.1) is 0 Å². The van der Waals surface area contributed by atoms with Crippen molar-refractivity contribution >= 4 is 28.4 Å². The average molecular weight is 403 g/mol. The van der Waals surface area contributed by atoms with Gasteiger partial charge in [0.15, 0.2) is 0 Å². The Kier molecular flexibility index (Phi) is 4.97. The van der Waals surface area contributed by atoms with Gasteiger partial charge in [0.25, 0.3) is 0 Å². The molecule has 2 fully saturated rings. The Morgan fingerprint density at radius 3 is 2.83 bits per heavy atom. The molecule has 8 heteroatoms. The van der Waals surface area contributed by atoms with Crippen molar-refractivity contribution in [2.24, 2.45) is 0 Å². The van der Waals surface area contributed by atoms with Gasteiger partial charge >= 0.3 is 0 Å². The van der Waals surface area contributed by atoms with Crippen molar-refractivity contribution < 1.29 is 0 Å². The zero-order valence-electron chi connectivity index (χ0n) is 17.1. The predicted molar refractivity (Wildman–Crippen MR) is 117 cm³/mol. The van der Waals surface area contributed by atoms with Crippen molar-refractivity contribution in [1.82, 2.24) is 24.8 Å². The van der Waals surface area contributed by atoms with Crippen LogP contribution in [0.15, 0.2) is 30.6 Å². The summed E-state index contributed by atoms with van der Waals surface area (Å²) in [5, 5.41) is 17.0. The maximum atomic E-state index is 8.96. The highest BCUT2D eigenvalue weighted by Gasteiger charge is 2.40. The molecular formula is C22H26N8. The fourth-order valence-electron chi connectivity index (χ4n) is 5.00. The summed E-state index contributed by atoms with van der Waals surface area (Å²) in [5.41, 5.74) is 0.906. The molecule has 30 heavy (non-hydrogen) atoms. The second kappa shape index (κ2) is 7.92. The number of imidazole rings is 1. The number of hydrogen-bond acceptors (Lipinski definition) is 7. The molecule has 2 unspecified atom stereocenters. The second-order valence-electron chi connectivity index (χ2n) is 8.28. The lowest BCUT2D eigenvalue weighted by atomic mass is 9.97. The number of nitrogens with one attached hydrogen (secondary N) is 3. The Labute approximate surface area is 175 Å². The standard InChI is InChI=1S/C22H26N8/c1-14-25-13-21(26-14)28-20-12-19-18(4-2-8-24-19)22(29-20)27-15-10-16-5-6-17(11-15)30(16)9-3-7-23/h2,4,8,12-13,15-17H,3,5-6,9-11H2,1H3,(H,25,26)(H2,27,28,29). The minimum atomic E-state index is 0.376. The summed E-state index contributed by atoms with van der Waals surface area (Å²) < 4.78 is 0. The predicted octanol–water partition coefficient (Wildman–Crippen LogP) is 3.73. The number of rotatable bonds is 6. The first-order valence-electron chi connectivity index (χ1n) is 10.6. The van der Waals surface area contributed by atoms with Gasteiger partial charge in [0, 0.05) is 48.7 Å². The van der Waals surface area contributed by atoms with E-state index in [0.29, 0.717) is 24.5 Å². The fraction of sp³-hybridized carbons (Fsp3) is 0.455. The number of piperidine rings is 1. The first-order valence-corrected chi connectivity index (χ1v) is 10.6. The largest absolute Gasteiger partial charge is 0.367 e. The monoisotopic (exact) mass is 402 g/mol. The minimum Gasteiger partial charge on any atom is -0.367 e. The van der Waals surface area contributed by atoms with Crippen molar-refractivity contribution in [2.45, 2.75) is 57.2 Å². The van der Waals surface area contributed by atoms with Gasteiger partial charge in [0.1, 0.15) is 23.3 Å². The molecule has 5 heterocycles. The Hall–Kier alpha value is -3.18. The number of nitriles is 1. The fourth-order valence-corrected chi connectivity index (χ4v) is 5.00. The third kappa shape index (κ3) is 3.68. The van der Waals surface area contributed by atoms with Crippen LogP contribution in [0.1, 0.15) is 37.9 Å². The van der Waals surface area contributed by atoms with Gasteiger partial charge in [-0.2, -0.15) is 5.26 Å². The maximum absolute atomic E-state index is 8.96. The molecule has 0 aromatic carbocycles. The third-order valence-corrected chi connectivity index (χ3v) is 6.27. The summed E-state index contributed by atoms with van der Waals surface area (Å²) in [7, 11) is 0. The third-order valence-electron chi connectivity index (χ3n) is 6.27. The van der Waals surface area contributed by atoms with Crippen molar-refractivity contribution in [2.75, 3.05) is 17.2 Å². The van der Waals surface area contributed by atoms with Crippen molar-refractivity contribution in [3.05, 3.63) is 36.4 Å². The molecule has 8 nitrogen and oxygen atoms in total. The molecule has 0 spiro atoms. The van der Waals surface area contributed by atoms with Crippen LogP contribution in [0, 0.1) is 18.3 Å². The lowest BCUT2D eigenvalue weighted by molar-refractivity contribution is 0.136. The number of fused-ring (bicyclic) bond motifs is 3. The Morgan fingerprint density at radius 1 is 1.27 bits per heavy atom. The molecule has 2 bridgehead atoms. The van der Waals surface area contributed by atoms with E-state index >= 15 is 0 Å². The summed E-state index contributed by atoms with van der Waals surface area (Å²) in [6.45, 7) is 2.82. The highest BCUT2D eigenvalue weighted by atomic mass is 15.2. The van der Waals surface area contributed by atoms with E-state index in [9.17, 15) is 0 Å². The number of pyridine rings is 2. The van der Waals surface area contributed by atoms with Crippen LogP contribution in [0.3, 0.4) is 0 Å². The number of anilines is 3. The molecule has 5 rings (SSSR count). The normalized spacial score (nSPS) is 23.4. The Morgan fingerprint density at radius 2 is 2.10 bits per heavy atom. The van der Waals surface area contributed by atoms with E-state index in [4.69, 9.17) is 10.2 Å². The van der Waals surface area contributed by atoms with Crippen LogP contribution in [0.25, 0.3) is 10.9 Å². The second-order valence-corrected chi connectivity index (χ2v) is 8.28. The Bertz CT molecular complexity index is 1070. The minimum absolute atomic E-state index is 0.376. The van der Waals surface area contributed by atoms with Crippen LogP contribution in [0.4, 0.5) is 17.5 Å². The summed E-state index contributed by atoms with van der Waals surface area (Å²) in [4.78, 5) is 19.4. The zero-order valence-corrected chi connectivity index (χ0v) is 17.1. The van der Waals surface area contributed by atoms with Crippen LogP contribution in [-0.4, -0.2) is 49.5 Å². The molecule has 2 atom stereocenters. The topological polar surface area (TPSA) is 106 Å². The maximum Gasteiger partial charge on any atom is 0.138 e. The first-order chi connectivity index (χ1) is 14.7. The van der Waals surface area contributed by atoms with E-state index < -0.39 is 0 Å². The van der Waals surface area contributed by atoms with Crippen LogP contribution in [0.5, 0.6) is 0 Å². The van der Waals surface area contributed by atoms with Gasteiger partial charge in [0.2, 0.25) is 0 Å². The number of nitrogens with zero attached hydrogens (tertiary/aromatic N) is 5. The van der Waals surface area contributed by atoms with Crippen LogP contribution < -0.4 is 10.6 Å². The molecule has 154 valence electrons. The lowest BCUT2D eigenvalue weighted by Crippen LogP contribution is -2.47. The van der Waals surface area contributed by atoms with Gasteiger partial charge in [-0.25, -0.2) is 9.97 Å². The summed E-state index contributed by atoms with van der Waals surface area (Å²) in [5.74, 6) is 3.27. The van der Waals surface area contributed by atoms with E-state index in [1.807, 2.05) is 25.3 Å². The first kappa shape index (κ1) is 18.8. The van der Waals surface area contributed by atoms with Gasteiger partial charge in [-0.05, 0) is 44.7 Å². The highest BCUT2D eigenvalue weighted by Crippen LogP contribution is 2.37. The average Bonchev–Trinajstić information content (AvgIpc) is 3.25. The summed E-state index contributed by atoms with van der Waals surface area (Å²) in [6.07, 6.45) is 8.82.